The summed E-state index contributed by atoms with van der Waals surface area (Å²) >= 11 is 23.5. The van der Waals surface area contributed by atoms with Crippen molar-refractivity contribution < 1.29 is 9.53 Å². The molecule has 0 heterocycles. The van der Waals surface area contributed by atoms with Gasteiger partial charge >= 0.3 is 0 Å². The highest BCUT2D eigenvalue weighted by atomic mass is 35.6. The highest BCUT2D eigenvalue weighted by Crippen LogP contribution is 2.29. The lowest BCUT2D eigenvalue weighted by Crippen LogP contribution is -2.56. The predicted molar refractivity (Wildman–Crippen MR) is 138 cm³/mol. The number of amides is 1. The number of rotatable bonds is 11. The fraction of sp³-hybridized carbons (Fsp3) is 0.391. The summed E-state index contributed by atoms with van der Waals surface area (Å²) in [5.74, 6) is 0.488. The van der Waals surface area contributed by atoms with E-state index in [1.807, 2.05) is 54.6 Å². The summed E-state index contributed by atoms with van der Waals surface area (Å²) in [4.78, 5) is 12.4. The second-order valence-corrected chi connectivity index (χ2v) is 10.0. The molecule has 32 heavy (non-hydrogen) atoms. The number of thiocarbonyl (C=S) groups is 1. The first kappa shape index (κ1) is 26.5. The van der Waals surface area contributed by atoms with E-state index >= 15 is 0 Å². The molecule has 0 fully saturated rings. The zero-order valence-electron chi connectivity index (χ0n) is 17.9. The van der Waals surface area contributed by atoms with E-state index in [2.05, 4.69) is 22.9 Å². The molecule has 0 aliphatic heterocycles. The molecule has 5 nitrogen and oxygen atoms in total. The number of anilines is 1. The van der Waals surface area contributed by atoms with Gasteiger partial charge in [-0.2, -0.15) is 0 Å². The molecule has 174 valence electrons. The first-order valence-corrected chi connectivity index (χ1v) is 12.0. The quantitative estimate of drug-likeness (QED) is 0.148. The Morgan fingerprint density at radius 3 is 2.31 bits per heavy atom. The number of nitrogens with one attached hydrogen (secondary N) is 3. The van der Waals surface area contributed by atoms with Gasteiger partial charge in [-0.15, -0.1) is 0 Å². The largest absolute Gasteiger partial charge is 0.494 e. The second kappa shape index (κ2) is 13.7. The number of carbonyl (C=O) groups excluding carboxylic acids is 1. The molecular formula is C23H28Cl3N3O2S. The van der Waals surface area contributed by atoms with Gasteiger partial charge in [-0.3, -0.25) is 4.79 Å². The molecule has 1 amide bonds. The Hall–Kier alpha value is -1.73. The molecule has 1 atom stereocenters. The Balaban J connectivity index is 1.85. The van der Waals surface area contributed by atoms with Crippen molar-refractivity contribution >= 4 is 63.7 Å². The van der Waals surface area contributed by atoms with Crippen molar-refractivity contribution in [1.29, 1.82) is 0 Å². The molecule has 0 aliphatic rings. The summed E-state index contributed by atoms with van der Waals surface area (Å²) in [6, 6.07) is 16.7. The van der Waals surface area contributed by atoms with E-state index in [1.165, 1.54) is 19.3 Å². The smallest absolute Gasteiger partial charge is 0.228 e. The highest BCUT2D eigenvalue weighted by Gasteiger charge is 2.34. The third-order valence-corrected chi connectivity index (χ3v) is 5.37. The van der Waals surface area contributed by atoms with Crippen LogP contribution < -0.4 is 20.7 Å². The molecule has 0 saturated carbocycles. The zero-order valence-corrected chi connectivity index (χ0v) is 21.0. The molecule has 2 rings (SSSR count). The molecule has 0 saturated heterocycles. The second-order valence-electron chi connectivity index (χ2n) is 7.24. The van der Waals surface area contributed by atoms with Crippen LogP contribution >= 0.6 is 47.0 Å². The summed E-state index contributed by atoms with van der Waals surface area (Å²) in [5.41, 5.74) is 1.58. The number of hydrogen-bond acceptors (Lipinski definition) is 3. The maximum Gasteiger partial charge on any atom is 0.228 e. The van der Waals surface area contributed by atoms with Crippen LogP contribution in [0.15, 0.2) is 54.6 Å². The number of benzene rings is 2. The third-order valence-electron chi connectivity index (χ3n) is 4.49. The van der Waals surface area contributed by atoms with Gasteiger partial charge in [-0.1, -0.05) is 91.3 Å². The predicted octanol–water partition coefficient (Wildman–Crippen LogP) is 5.99. The normalized spacial score (nSPS) is 12.0. The first-order chi connectivity index (χ1) is 15.3. The summed E-state index contributed by atoms with van der Waals surface area (Å²) in [6.07, 6.45) is 3.76. The van der Waals surface area contributed by atoms with E-state index in [-0.39, 0.29) is 17.4 Å². The lowest BCUT2D eigenvalue weighted by molar-refractivity contribution is -0.121. The van der Waals surface area contributed by atoms with Crippen LogP contribution in [-0.2, 0) is 11.2 Å². The van der Waals surface area contributed by atoms with E-state index in [9.17, 15) is 4.79 Å². The number of carbonyl (C=O) groups is 1. The van der Waals surface area contributed by atoms with Crippen LogP contribution in [-0.4, -0.2) is 27.6 Å². The number of alkyl halides is 3. The van der Waals surface area contributed by atoms with Crippen LogP contribution in [0.5, 0.6) is 5.75 Å². The Kier molecular flexibility index (Phi) is 11.4. The minimum Gasteiger partial charge on any atom is -0.494 e. The molecule has 1 unspecified atom stereocenters. The van der Waals surface area contributed by atoms with E-state index in [1.54, 1.807) is 0 Å². The number of unbranched alkanes of at least 4 members (excludes halogenated alkanes) is 3. The van der Waals surface area contributed by atoms with Crippen molar-refractivity contribution in [3.05, 3.63) is 60.2 Å². The highest BCUT2D eigenvalue weighted by molar-refractivity contribution is 7.80. The van der Waals surface area contributed by atoms with Gasteiger partial charge in [0.1, 0.15) is 11.9 Å². The molecule has 0 spiro atoms. The van der Waals surface area contributed by atoms with E-state index < -0.39 is 9.96 Å². The van der Waals surface area contributed by atoms with Crippen LogP contribution in [0.4, 0.5) is 5.69 Å². The van der Waals surface area contributed by atoms with Gasteiger partial charge in [0.15, 0.2) is 5.11 Å². The van der Waals surface area contributed by atoms with E-state index in [0.29, 0.717) is 6.61 Å². The molecule has 0 aliphatic carbocycles. The van der Waals surface area contributed by atoms with Gasteiger partial charge in [0.2, 0.25) is 9.70 Å². The lowest BCUT2D eigenvalue weighted by Gasteiger charge is -2.27. The molecule has 0 bridgehead atoms. The van der Waals surface area contributed by atoms with Crippen LogP contribution in [0.3, 0.4) is 0 Å². The van der Waals surface area contributed by atoms with Crippen molar-refractivity contribution in [2.24, 2.45) is 0 Å². The Labute approximate surface area is 210 Å². The minimum absolute atomic E-state index is 0.153. The molecule has 3 N–H and O–H groups in total. The fourth-order valence-corrected chi connectivity index (χ4v) is 3.41. The van der Waals surface area contributed by atoms with Crippen LogP contribution in [0.25, 0.3) is 0 Å². The standard InChI is InChI=1S/C23H28Cl3N3O2S/c1-2-3-4-8-15-31-19-13-11-18(12-14-19)27-22(32)29-21(23(24,25)26)28-20(30)16-17-9-6-5-7-10-17/h5-7,9-14,21H,2-4,8,15-16H2,1H3,(H,28,30)(H2,27,29,32). The van der Waals surface area contributed by atoms with Gasteiger partial charge in [0.25, 0.3) is 0 Å². The molecular weight excluding hydrogens is 489 g/mol. The minimum atomic E-state index is -1.81. The fourth-order valence-electron chi connectivity index (χ4n) is 2.84. The molecule has 0 aromatic heterocycles. The Morgan fingerprint density at radius 1 is 1.00 bits per heavy atom. The van der Waals surface area contributed by atoms with Crippen molar-refractivity contribution in [2.75, 3.05) is 11.9 Å². The van der Waals surface area contributed by atoms with Crippen molar-refractivity contribution in [3.63, 3.8) is 0 Å². The van der Waals surface area contributed by atoms with Gasteiger partial charge in [-0.25, -0.2) is 0 Å². The average Bonchev–Trinajstić information content (AvgIpc) is 2.74. The maximum absolute atomic E-state index is 12.4. The van der Waals surface area contributed by atoms with Gasteiger partial charge in [-0.05, 0) is 48.5 Å². The number of hydrogen-bond donors (Lipinski definition) is 3. The van der Waals surface area contributed by atoms with Gasteiger partial charge < -0.3 is 20.7 Å². The lowest BCUT2D eigenvalue weighted by atomic mass is 10.1. The average molecular weight is 517 g/mol. The number of ether oxygens (including phenoxy) is 1. The topological polar surface area (TPSA) is 62.4 Å². The summed E-state index contributed by atoms with van der Waals surface area (Å²) < 4.78 is 3.93. The molecule has 2 aromatic carbocycles. The third kappa shape index (κ3) is 10.3. The summed E-state index contributed by atoms with van der Waals surface area (Å²) in [6.45, 7) is 2.88. The summed E-state index contributed by atoms with van der Waals surface area (Å²) in [7, 11) is 0. The van der Waals surface area contributed by atoms with Crippen molar-refractivity contribution in [2.45, 2.75) is 49.0 Å². The van der Waals surface area contributed by atoms with Crippen molar-refractivity contribution in [3.8, 4) is 5.75 Å². The SMILES string of the molecule is CCCCCCOc1ccc(NC(=S)NC(NC(=O)Cc2ccccc2)C(Cl)(Cl)Cl)cc1. The van der Waals surface area contributed by atoms with Crippen LogP contribution in [0, 0.1) is 0 Å². The molecule has 0 radical (unpaired) electrons. The maximum atomic E-state index is 12.4. The van der Waals surface area contributed by atoms with E-state index in [0.717, 1.165) is 23.4 Å². The van der Waals surface area contributed by atoms with E-state index in [4.69, 9.17) is 51.8 Å². The zero-order chi connectivity index (χ0) is 23.4. The van der Waals surface area contributed by atoms with Gasteiger partial charge in [0.05, 0.1) is 13.0 Å². The number of halogens is 3. The van der Waals surface area contributed by atoms with Gasteiger partial charge in [0, 0.05) is 5.69 Å². The van der Waals surface area contributed by atoms with Crippen LogP contribution in [0.2, 0.25) is 0 Å². The molecule has 9 heteroatoms. The Bertz CT molecular complexity index is 846. The first-order valence-electron chi connectivity index (χ1n) is 10.5. The summed E-state index contributed by atoms with van der Waals surface area (Å²) in [5, 5.41) is 8.75. The molecule has 2 aromatic rings. The van der Waals surface area contributed by atoms with Crippen LogP contribution in [0.1, 0.15) is 38.2 Å². The monoisotopic (exact) mass is 515 g/mol. The Morgan fingerprint density at radius 2 is 1.69 bits per heavy atom. The van der Waals surface area contributed by atoms with Crippen molar-refractivity contribution in [1.82, 2.24) is 10.6 Å².